The summed E-state index contributed by atoms with van der Waals surface area (Å²) in [5, 5.41) is 44.7. The summed E-state index contributed by atoms with van der Waals surface area (Å²) in [6.45, 7) is -0.526. The average molecular weight is 386 g/mol. The molecule has 1 unspecified atom stereocenters. The van der Waals surface area contributed by atoms with Crippen LogP contribution in [0.2, 0.25) is 0 Å². The van der Waals surface area contributed by atoms with Crippen LogP contribution >= 0.6 is 0 Å². The highest BCUT2D eigenvalue weighted by Gasteiger charge is 2.43. The van der Waals surface area contributed by atoms with Gasteiger partial charge in [0.15, 0.2) is 6.29 Å². The number of aliphatic hydroxyl groups is 5. The zero-order valence-electron chi connectivity index (χ0n) is 15.5. The van der Waals surface area contributed by atoms with Gasteiger partial charge in [-0.3, -0.25) is 0 Å². The Morgan fingerprint density at radius 2 is 1.79 bits per heavy atom. The Bertz CT molecular complexity index is 823. The highest BCUT2D eigenvalue weighted by molar-refractivity contribution is 5.85. The fourth-order valence-corrected chi connectivity index (χ4v) is 4.51. The van der Waals surface area contributed by atoms with Crippen molar-refractivity contribution in [3.63, 3.8) is 0 Å². The second-order valence-corrected chi connectivity index (χ2v) is 7.88. The second-order valence-electron chi connectivity index (χ2n) is 7.88. The summed E-state index contributed by atoms with van der Waals surface area (Å²) in [7, 11) is 0. The van der Waals surface area contributed by atoms with Gasteiger partial charge < -0.3 is 30.3 Å². The van der Waals surface area contributed by atoms with Crippen molar-refractivity contribution in [2.24, 2.45) is 5.41 Å². The minimum atomic E-state index is -1.57. The van der Waals surface area contributed by atoms with Gasteiger partial charge in [-0.05, 0) is 36.0 Å². The van der Waals surface area contributed by atoms with Crippen molar-refractivity contribution in [3.8, 4) is 0 Å². The van der Waals surface area contributed by atoms with Crippen LogP contribution in [0.1, 0.15) is 30.4 Å². The van der Waals surface area contributed by atoms with E-state index in [9.17, 15) is 0 Å². The van der Waals surface area contributed by atoms with Gasteiger partial charge in [0.25, 0.3) is 0 Å². The van der Waals surface area contributed by atoms with Gasteiger partial charge in [0.05, 0.1) is 6.61 Å². The number of allylic oxidation sites excluding steroid dienone is 5. The maximum atomic E-state index is 9.12. The molecule has 0 radical (unpaired) electrons. The summed E-state index contributed by atoms with van der Waals surface area (Å²) in [4.78, 5) is 0. The Morgan fingerprint density at radius 1 is 1.00 bits per heavy atom. The lowest BCUT2D eigenvalue weighted by molar-refractivity contribution is -0.286. The molecule has 0 aromatic heterocycles. The SMILES string of the molecule is C1=CC23CCC(=CC=C2c2ccccc21)C3.OC[C@H]1O[C@@H](O)[C@H](O)[C@@H](O)[C@@H]1O. The lowest BCUT2D eigenvalue weighted by Crippen LogP contribution is -2.58. The van der Waals surface area contributed by atoms with Gasteiger partial charge in [0, 0.05) is 5.41 Å². The number of aliphatic hydroxyl groups excluding tert-OH is 5. The molecule has 2 bridgehead atoms. The summed E-state index contributed by atoms with van der Waals surface area (Å²) in [5.41, 5.74) is 6.35. The van der Waals surface area contributed by atoms with E-state index in [0.717, 1.165) is 0 Å². The molecule has 1 aromatic rings. The molecule has 2 fully saturated rings. The van der Waals surface area contributed by atoms with Gasteiger partial charge >= 0.3 is 0 Å². The largest absolute Gasteiger partial charge is 0.394 e. The maximum absolute atomic E-state index is 9.12. The van der Waals surface area contributed by atoms with Gasteiger partial charge in [-0.15, -0.1) is 0 Å². The lowest BCUT2D eigenvalue weighted by atomic mass is 9.69. The normalized spacial score (nSPS) is 37.8. The molecule has 1 aromatic carbocycles. The number of ether oxygens (including phenoxy) is 1. The van der Waals surface area contributed by atoms with Crippen molar-refractivity contribution in [1.29, 1.82) is 0 Å². The van der Waals surface area contributed by atoms with Crippen LogP contribution < -0.4 is 0 Å². The van der Waals surface area contributed by atoms with Gasteiger partial charge in [0.1, 0.15) is 24.4 Å². The molecule has 1 saturated heterocycles. The fourth-order valence-electron chi connectivity index (χ4n) is 4.51. The summed E-state index contributed by atoms with van der Waals surface area (Å²) in [5.74, 6) is 0. The number of hydrogen-bond acceptors (Lipinski definition) is 6. The third-order valence-electron chi connectivity index (χ3n) is 6.16. The predicted octanol–water partition coefficient (Wildman–Crippen LogP) is 0.986. The first kappa shape index (κ1) is 19.5. The lowest BCUT2D eigenvalue weighted by Gasteiger charge is -2.37. The third-order valence-corrected chi connectivity index (χ3v) is 6.16. The van der Waals surface area contributed by atoms with Crippen LogP contribution in [0, 0.1) is 5.41 Å². The molecule has 6 atom stereocenters. The first-order valence-electron chi connectivity index (χ1n) is 9.62. The molecule has 5 rings (SSSR count). The van der Waals surface area contributed by atoms with E-state index >= 15 is 0 Å². The molecule has 1 heterocycles. The van der Waals surface area contributed by atoms with E-state index in [-0.39, 0.29) is 0 Å². The molecule has 1 aliphatic heterocycles. The summed E-state index contributed by atoms with van der Waals surface area (Å²) in [6.07, 6.45) is 6.26. The molecule has 3 aliphatic carbocycles. The molecular formula is C22H26O6. The van der Waals surface area contributed by atoms with Crippen molar-refractivity contribution in [2.75, 3.05) is 6.61 Å². The number of benzene rings is 1. The number of hydrogen-bond donors (Lipinski definition) is 5. The van der Waals surface area contributed by atoms with Crippen molar-refractivity contribution in [2.45, 2.75) is 50.0 Å². The monoisotopic (exact) mass is 386 g/mol. The van der Waals surface area contributed by atoms with Crippen LogP contribution in [0.4, 0.5) is 0 Å². The minimum Gasteiger partial charge on any atom is -0.394 e. The highest BCUT2D eigenvalue weighted by atomic mass is 16.6. The molecule has 0 amide bonds. The molecule has 6 nitrogen and oxygen atoms in total. The van der Waals surface area contributed by atoms with Crippen molar-refractivity contribution < 1.29 is 30.3 Å². The molecule has 1 saturated carbocycles. The van der Waals surface area contributed by atoms with Crippen LogP contribution in [-0.2, 0) is 4.74 Å². The molecule has 150 valence electrons. The van der Waals surface area contributed by atoms with Crippen molar-refractivity contribution in [3.05, 3.63) is 59.2 Å². The Hall–Kier alpha value is -1.80. The second kappa shape index (κ2) is 7.55. The zero-order valence-corrected chi connectivity index (χ0v) is 15.5. The van der Waals surface area contributed by atoms with E-state index in [1.165, 1.54) is 30.4 Å². The van der Waals surface area contributed by atoms with Gasteiger partial charge in [-0.2, -0.15) is 0 Å². The van der Waals surface area contributed by atoms with Gasteiger partial charge in [-0.25, -0.2) is 0 Å². The highest BCUT2D eigenvalue weighted by Crippen LogP contribution is 2.56. The predicted molar refractivity (Wildman–Crippen MR) is 104 cm³/mol. The molecule has 4 aliphatic rings. The third kappa shape index (κ3) is 3.26. The van der Waals surface area contributed by atoms with E-state index in [0.29, 0.717) is 5.41 Å². The minimum absolute atomic E-state index is 0.346. The average Bonchev–Trinajstić information content (AvgIpc) is 3.04. The Balaban J connectivity index is 0.000000145. The maximum Gasteiger partial charge on any atom is 0.184 e. The molecule has 6 heteroatoms. The van der Waals surface area contributed by atoms with Crippen LogP contribution in [0.3, 0.4) is 0 Å². The first-order chi connectivity index (χ1) is 13.4. The van der Waals surface area contributed by atoms with Crippen LogP contribution in [0.5, 0.6) is 0 Å². The van der Waals surface area contributed by atoms with E-state index in [1.807, 2.05) is 0 Å². The van der Waals surface area contributed by atoms with E-state index < -0.39 is 37.3 Å². The van der Waals surface area contributed by atoms with Crippen molar-refractivity contribution in [1.82, 2.24) is 0 Å². The van der Waals surface area contributed by atoms with Crippen molar-refractivity contribution >= 4 is 11.6 Å². The topological polar surface area (TPSA) is 110 Å². The number of rotatable bonds is 1. The first-order valence-corrected chi connectivity index (χ1v) is 9.62. The summed E-state index contributed by atoms with van der Waals surface area (Å²) < 4.78 is 4.58. The quantitative estimate of drug-likeness (QED) is 0.492. The summed E-state index contributed by atoms with van der Waals surface area (Å²) in [6, 6.07) is 8.76. The van der Waals surface area contributed by atoms with Gasteiger partial charge in [-0.1, -0.05) is 54.1 Å². The van der Waals surface area contributed by atoms with E-state index in [2.05, 4.69) is 53.3 Å². The number of fused-ring (bicyclic) bond motifs is 3. The van der Waals surface area contributed by atoms with E-state index in [1.54, 1.807) is 11.1 Å². The molecule has 1 spiro atoms. The van der Waals surface area contributed by atoms with Crippen LogP contribution in [-0.4, -0.2) is 62.8 Å². The fraction of sp³-hybridized carbons (Fsp3) is 0.455. The van der Waals surface area contributed by atoms with Crippen LogP contribution in [0.15, 0.2) is 48.1 Å². The van der Waals surface area contributed by atoms with Crippen LogP contribution in [0.25, 0.3) is 11.6 Å². The molecule has 5 N–H and O–H groups in total. The molecular weight excluding hydrogens is 360 g/mol. The Morgan fingerprint density at radius 3 is 2.57 bits per heavy atom. The van der Waals surface area contributed by atoms with E-state index in [4.69, 9.17) is 25.5 Å². The smallest absolute Gasteiger partial charge is 0.184 e. The zero-order chi connectivity index (χ0) is 19.9. The molecule has 28 heavy (non-hydrogen) atoms. The summed E-state index contributed by atoms with van der Waals surface area (Å²) >= 11 is 0. The van der Waals surface area contributed by atoms with Gasteiger partial charge in [0.2, 0.25) is 0 Å². The standard InChI is InChI=1S/C16H14.C6H12O6/c1-2-4-14-13(3-1)8-10-16-9-7-12(11-16)5-6-15(14)16;7-1-2-3(8)4(9)5(10)6(11)12-2/h1-6,8,10H,7,9,11H2;2-11H,1H2/t;2-,3-,4+,5-,6-/m.1/s1. The Kier molecular flexibility index (Phi) is 5.26. The Labute approximate surface area is 163 Å².